The highest BCUT2D eigenvalue weighted by Crippen LogP contribution is 2.38. The van der Waals surface area contributed by atoms with E-state index in [4.69, 9.17) is 5.11 Å². The van der Waals surface area contributed by atoms with Crippen LogP contribution in [0.1, 0.15) is 18.4 Å². The van der Waals surface area contributed by atoms with Crippen molar-refractivity contribution in [2.75, 3.05) is 4.90 Å². The maximum absolute atomic E-state index is 12.5. The van der Waals surface area contributed by atoms with Gasteiger partial charge in [0, 0.05) is 0 Å². The summed E-state index contributed by atoms with van der Waals surface area (Å²) in [6, 6.07) is 6.70. The molecular formula is C16H15NO4. The number of rotatable bonds is 3. The van der Waals surface area contributed by atoms with Crippen molar-refractivity contribution in [3.8, 4) is 0 Å². The highest BCUT2D eigenvalue weighted by atomic mass is 16.4. The van der Waals surface area contributed by atoms with Gasteiger partial charge in [-0.05, 0) is 24.5 Å². The van der Waals surface area contributed by atoms with Crippen LogP contribution >= 0.6 is 0 Å². The number of carboxylic acid groups (broad SMARTS) is 1. The van der Waals surface area contributed by atoms with Gasteiger partial charge in [0.2, 0.25) is 11.8 Å². The summed E-state index contributed by atoms with van der Waals surface area (Å²) in [6.07, 6.45) is 4.80. The number of aliphatic carboxylic acids is 1. The van der Waals surface area contributed by atoms with Crippen LogP contribution in [0.3, 0.4) is 0 Å². The zero-order valence-electron chi connectivity index (χ0n) is 11.4. The summed E-state index contributed by atoms with van der Waals surface area (Å²) in [5.74, 6) is -2.03. The molecule has 108 valence electrons. The Bertz CT molecular complexity index is 623. The second-order valence-electron chi connectivity index (χ2n) is 5.37. The van der Waals surface area contributed by atoms with E-state index in [0.717, 1.165) is 0 Å². The van der Waals surface area contributed by atoms with Crippen molar-refractivity contribution in [2.24, 2.45) is 11.8 Å². The van der Waals surface area contributed by atoms with E-state index < -0.39 is 5.97 Å². The Balaban J connectivity index is 1.99. The maximum Gasteiger partial charge on any atom is 0.307 e. The van der Waals surface area contributed by atoms with Crippen LogP contribution in [0.2, 0.25) is 0 Å². The minimum Gasteiger partial charge on any atom is -0.481 e. The van der Waals surface area contributed by atoms with Gasteiger partial charge in [0.05, 0.1) is 23.9 Å². The average molecular weight is 285 g/mol. The predicted molar refractivity (Wildman–Crippen MR) is 75.6 cm³/mol. The van der Waals surface area contributed by atoms with Gasteiger partial charge >= 0.3 is 5.97 Å². The van der Waals surface area contributed by atoms with Crippen molar-refractivity contribution >= 4 is 23.5 Å². The molecule has 0 bridgehead atoms. The molecule has 21 heavy (non-hydrogen) atoms. The van der Waals surface area contributed by atoms with Crippen LogP contribution < -0.4 is 4.90 Å². The van der Waals surface area contributed by atoms with Crippen LogP contribution in [-0.2, 0) is 20.8 Å². The third kappa shape index (κ3) is 2.24. The smallest absolute Gasteiger partial charge is 0.307 e. The molecule has 5 heteroatoms. The summed E-state index contributed by atoms with van der Waals surface area (Å²) in [6.45, 7) is 0. The van der Waals surface area contributed by atoms with Crippen LogP contribution in [0.4, 0.5) is 5.69 Å². The van der Waals surface area contributed by atoms with Crippen LogP contribution in [0, 0.1) is 11.8 Å². The number of hydrogen-bond acceptors (Lipinski definition) is 3. The number of nitrogens with zero attached hydrogens (tertiary/aromatic N) is 1. The van der Waals surface area contributed by atoms with Crippen molar-refractivity contribution in [3.05, 3.63) is 42.0 Å². The standard InChI is InChI=1S/C16H15NO4/c18-14(19)9-10-5-1-4-8-13(10)17-15(20)11-6-2-3-7-12(11)16(17)21/h1-5,8,11-12H,6-7,9H2,(H,18,19). The first-order chi connectivity index (χ1) is 10.1. The fraction of sp³-hybridized carbons (Fsp3) is 0.312. The molecule has 1 aliphatic carbocycles. The summed E-state index contributed by atoms with van der Waals surface area (Å²) in [5, 5.41) is 8.97. The molecule has 2 unspecified atom stereocenters. The van der Waals surface area contributed by atoms with Crippen molar-refractivity contribution in [1.29, 1.82) is 0 Å². The molecule has 1 saturated heterocycles. The lowest BCUT2D eigenvalue weighted by Gasteiger charge is -2.18. The molecule has 3 rings (SSSR count). The zero-order valence-corrected chi connectivity index (χ0v) is 11.4. The molecule has 2 atom stereocenters. The first kappa shape index (κ1) is 13.5. The molecule has 1 aromatic rings. The van der Waals surface area contributed by atoms with Gasteiger partial charge in [0.1, 0.15) is 0 Å². The van der Waals surface area contributed by atoms with E-state index >= 15 is 0 Å². The van der Waals surface area contributed by atoms with Crippen LogP contribution in [0.15, 0.2) is 36.4 Å². The number of carboxylic acids is 1. The van der Waals surface area contributed by atoms with Crippen LogP contribution in [0.5, 0.6) is 0 Å². The van der Waals surface area contributed by atoms with E-state index in [1.807, 2.05) is 12.2 Å². The molecule has 0 radical (unpaired) electrons. The van der Waals surface area contributed by atoms with Gasteiger partial charge in [-0.1, -0.05) is 30.4 Å². The van der Waals surface area contributed by atoms with Gasteiger partial charge < -0.3 is 5.11 Å². The van der Waals surface area contributed by atoms with Gasteiger partial charge in [-0.3, -0.25) is 14.4 Å². The molecule has 1 fully saturated rings. The molecule has 1 N–H and O–H groups in total. The maximum atomic E-state index is 12.5. The van der Waals surface area contributed by atoms with Crippen molar-refractivity contribution in [3.63, 3.8) is 0 Å². The number of benzene rings is 1. The van der Waals surface area contributed by atoms with E-state index in [0.29, 0.717) is 24.1 Å². The zero-order chi connectivity index (χ0) is 15.0. The Hall–Kier alpha value is -2.43. The number of imide groups is 1. The first-order valence-electron chi connectivity index (χ1n) is 6.92. The Kier molecular flexibility index (Phi) is 3.33. The Labute approximate surface area is 121 Å². The number of anilines is 1. The molecular weight excluding hydrogens is 270 g/mol. The molecule has 2 amide bonds. The van der Waals surface area contributed by atoms with Gasteiger partial charge in [0.25, 0.3) is 0 Å². The molecule has 1 aromatic carbocycles. The molecule has 2 aliphatic rings. The fourth-order valence-electron chi connectivity index (χ4n) is 3.08. The molecule has 0 spiro atoms. The van der Waals surface area contributed by atoms with Crippen molar-refractivity contribution < 1.29 is 19.5 Å². The number of allylic oxidation sites excluding steroid dienone is 2. The highest BCUT2D eigenvalue weighted by Gasteiger charge is 2.48. The molecule has 1 heterocycles. The molecule has 5 nitrogen and oxygen atoms in total. The van der Waals surface area contributed by atoms with Crippen molar-refractivity contribution in [2.45, 2.75) is 19.3 Å². The number of amides is 2. The van der Waals surface area contributed by atoms with Gasteiger partial charge in [0.15, 0.2) is 0 Å². The Morgan fingerprint density at radius 2 is 1.67 bits per heavy atom. The van der Waals surface area contributed by atoms with Crippen molar-refractivity contribution in [1.82, 2.24) is 0 Å². The summed E-state index contributed by atoms with van der Waals surface area (Å²) in [5.41, 5.74) is 0.891. The molecule has 0 saturated carbocycles. The number of fused-ring (bicyclic) bond motifs is 1. The minimum atomic E-state index is -0.986. The lowest BCUT2D eigenvalue weighted by Crippen LogP contribution is -2.32. The second-order valence-corrected chi connectivity index (χ2v) is 5.37. The number of para-hydroxylation sites is 1. The average Bonchev–Trinajstić information content (AvgIpc) is 2.72. The van der Waals surface area contributed by atoms with Crippen LogP contribution in [-0.4, -0.2) is 22.9 Å². The minimum absolute atomic E-state index is 0.208. The van der Waals surface area contributed by atoms with Gasteiger partial charge in [-0.25, -0.2) is 4.90 Å². The molecule has 0 aromatic heterocycles. The number of carbonyl (C=O) groups is 3. The van der Waals surface area contributed by atoms with E-state index in [2.05, 4.69) is 0 Å². The summed E-state index contributed by atoms with van der Waals surface area (Å²) >= 11 is 0. The SMILES string of the molecule is O=C(O)Cc1ccccc1N1C(=O)C2CC=CCC2C1=O. The van der Waals surface area contributed by atoms with E-state index in [-0.39, 0.29) is 30.1 Å². The Morgan fingerprint density at radius 1 is 1.10 bits per heavy atom. The second kappa shape index (κ2) is 5.16. The van der Waals surface area contributed by atoms with E-state index in [1.165, 1.54) is 4.90 Å². The Morgan fingerprint density at radius 3 is 2.24 bits per heavy atom. The number of carbonyl (C=O) groups excluding carboxylic acids is 2. The third-order valence-electron chi connectivity index (χ3n) is 4.08. The third-order valence-corrected chi connectivity index (χ3v) is 4.08. The van der Waals surface area contributed by atoms with Gasteiger partial charge in [-0.15, -0.1) is 0 Å². The molecule has 1 aliphatic heterocycles. The predicted octanol–water partition coefficient (Wildman–Crippen LogP) is 1.77. The normalized spacial score (nSPS) is 24.3. The fourth-order valence-corrected chi connectivity index (χ4v) is 3.08. The first-order valence-corrected chi connectivity index (χ1v) is 6.92. The summed E-state index contributed by atoms with van der Waals surface area (Å²) in [7, 11) is 0. The monoisotopic (exact) mass is 285 g/mol. The van der Waals surface area contributed by atoms with Gasteiger partial charge in [-0.2, -0.15) is 0 Å². The summed E-state index contributed by atoms with van der Waals surface area (Å²) < 4.78 is 0. The number of hydrogen-bond donors (Lipinski definition) is 1. The van der Waals surface area contributed by atoms with E-state index in [1.54, 1.807) is 24.3 Å². The quantitative estimate of drug-likeness (QED) is 0.678. The largest absolute Gasteiger partial charge is 0.481 e. The lowest BCUT2D eigenvalue weighted by molar-refractivity contribution is -0.136. The summed E-state index contributed by atoms with van der Waals surface area (Å²) in [4.78, 5) is 37.2. The lowest BCUT2D eigenvalue weighted by atomic mass is 9.85. The topological polar surface area (TPSA) is 74.7 Å². The highest BCUT2D eigenvalue weighted by molar-refractivity contribution is 6.22. The van der Waals surface area contributed by atoms with Crippen LogP contribution in [0.25, 0.3) is 0 Å². The van der Waals surface area contributed by atoms with E-state index in [9.17, 15) is 14.4 Å².